The van der Waals surface area contributed by atoms with Crippen LogP contribution in [0.4, 0.5) is 5.69 Å². The number of rotatable bonds is 8. The molecule has 0 saturated carbocycles. The van der Waals surface area contributed by atoms with Gasteiger partial charge < -0.3 is 16.0 Å². The molecule has 1 atom stereocenters. The Morgan fingerprint density at radius 3 is 2.32 bits per heavy atom. The second-order valence-electron chi connectivity index (χ2n) is 10.6. The van der Waals surface area contributed by atoms with Gasteiger partial charge in [-0.3, -0.25) is 13.9 Å². The zero-order valence-electron chi connectivity index (χ0n) is 21.6. The van der Waals surface area contributed by atoms with E-state index in [-0.39, 0.29) is 17.2 Å². The minimum Gasteiger partial charge on any atom is -0.342 e. The lowest BCUT2D eigenvalue weighted by atomic mass is 9.74. The van der Waals surface area contributed by atoms with E-state index < -0.39 is 21.6 Å². The molecule has 3 N–H and O–H groups in total. The molecule has 2 heterocycles. The number of carbonyl (C=O) groups is 2. The molecule has 200 valence electrons. The summed E-state index contributed by atoms with van der Waals surface area (Å²) in [6.45, 7) is 4.62. The molecule has 8 nitrogen and oxygen atoms in total. The van der Waals surface area contributed by atoms with Crippen molar-refractivity contribution in [2.75, 3.05) is 35.9 Å². The maximum atomic E-state index is 13.6. The van der Waals surface area contributed by atoms with Crippen LogP contribution in [0.15, 0.2) is 54.6 Å². The van der Waals surface area contributed by atoms with Gasteiger partial charge in [0.2, 0.25) is 21.8 Å². The van der Waals surface area contributed by atoms with E-state index in [2.05, 4.69) is 5.32 Å². The molecular weight excluding hydrogens is 508 g/mol. The van der Waals surface area contributed by atoms with Crippen LogP contribution in [-0.2, 0) is 30.8 Å². The first kappa shape index (κ1) is 27.5. The van der Waals surface area contributed by atoms with Crippen molar-refractivity contribution < 1.29 is 18.0 Å². The number of nitrogens with one attached hydrogen (secondary N) is 1. The molecule has 2 aliphatic rings. The third-order valence-electron chi connectivity index (χ3n) is 7.21. The number of hydrogen-bond donors (Lipinski definition) is 2. The quantitative estimate of drug-likeness (QED) is 0.528. The average molecular weight is 545 g/mol. The van der Waals surface area contributed by atoms with E-state index in [1.165, 1.54) is 10.6 Å². The topological polar surface area (TPSA) is 113 Å². The predicted octanol–water partition coefficient (Wildman–Crippen LogP) is 2.48. The van der Waals surface area contributed by atoms with Crippen molar-refractivity contribution in [3.8, 4) is 0 Å². The maximum absolute atomic E-state index is 13.6. The summed E-state index contributed by atoms with van der Waals surface area (Å²) in [6.07, 6.45) is 2.55. The molecule has 0 bridgehead atoms. The Hall–Kier alpha value is -2.56. The minimum atomic E-state index is -3.40. The summed E-state index contributed by atoms with van der Waals surface area (Å²) >= 11 is 1.60. The van der Waals surface area contributed by atoms with Crippen LogP contribution >= 0.6 is 11.8 Å². The third kappa shape index (κ3) is 6.13. The van der Waals surface area contributed by atoms with Crippen molar-refractivity contribution in [3.63, 3.8) is 0 Å². The highest BCUT2D eigenvalue weighted by molar-refractivity contribution is 7.98. The number of fused-ring (bicyclic) bond motifs is 2. The summed E-state index contributed by atoms with van der Waals surface area (Å²) in [5.74, 6) is 0.669. The molecule has 2 aromatic carbocycles. The number of thioether (sulfide) groups is 1. The van der Waals surface area contributed by atoms with Crippen molar-refractivity contribution in [2.45, 2.75) is 49.4 Å². The molecule has 0 aliphatic carbocycles. The first-order valence-electron chi connectivity index (χ1n) is 12.5. The van der Waals surface area contributed by atoms with Crippen molar-refractivity contribution in [1.82, 2.24) is 10.2 Å². The number of para-hydroxylation sites is 1. The van der Waals surface area contributed by atoms with E-state index in [0.29, 0.717) is 38.2 Å². The maximum Gasteiger partial charge on any atom is 0.246 e. The Balaban J connectivity index is 1.46. The number of likely N-dealkylation sites (tertiary alicyclic amines) is 1. The van der Waals surface area contributed by atoms with Gasteiger partial charge in [-0.15, -0.1) is 0 Å². The lowest BCUT2D eigenvalue weighted by molar-refractivity contribution is -0.138. The number of carbonyl (C=O) groups excluding carboxylic acids is 2. The second kappa shape index (κ2) is 10.7. The summed E-state index contributed by atoms with van der Waals surface area (Å²) in [7, 11) is -3.40. The first-order chi connectivity index (χ1) is 17.4. The van der Waals surface area contributed by atoms with Gasteiger partial charge in [-0.25, -0.2) is 8.42 Å². The van der Waals surface area contributed by atoms with Gasteiger partial charge in [0, 0.05) is 36.6 Å². The molecule has 0 unspecified atom stereocenters. The smallest absolute Gasteiger partial charge is 0.246 e. The highest BCUT2D eigenvalue weighted by Gasteiger charge is 2.48. The molecule has 0 radical (unpaired) electrons. The zero-order chi connectivity index (χ0) is 26.8. The number of nitrogens with zero attached hydrogens (tertiary/aromatic N) is 2. The van der Waals surface area contributed by atoms with Crippen LogP contribution in [-0.4, -0.2) is 68.4 Å². The molecule has 37 heavy (non-hydrogen) atoms. The van der Waals surface area contributed by atoms with Crippen LogP contribution in [0.25, 0.3) is 0 Å². The van der Waals surface area contributed by atoms with Crippen molar-refractivity contribution in [2.24, 2.45) is 5.73 Å². The normalized spacial score (nSPS) is 17.9. The number of piperidine rings is 1. The van der Waals surface area contributed by atoms with E-state index in [4.69, 9.17) is 5.73 Å². The number of benzene rings is 2. The molecule has 2 aliphatic heterocycles. The van der Waals surface area contributed by atoms with Crippen LogP contribution in [0.3, 0.4) is 0 Å². The fourth-order valence-corrected chi connectivity index (χ4v) is 7.08. The van der Waals surface area contributed by atoms with E-state index in [1.807, 2.05) is 54.6 Å². The highest BCUT2D eigenvalue weighted by atomic mass is 32.2. The Morgan fingerprint density at radius 1 is 1.08 bits per heavy atom. The minimum absolute atomic E-state index is 0.126. The van der Waals surface area contributed by atoms with Gasteiger partial charge in [0.05, 0.1) is 17.5 Å². The van der Waals surface area contributed by atoms with Crippen molar-refractivity contribution in [1.29, 1.82) is 0 Å². The van der Waals surface area contributed by atoms with Crippen LogP contribution in [0, 0.1) is 0 Å². The zero-order valence-corrected chi connectivity index (χ0v) is 23.3. The summed E-state index contributed by atoms with van der Waals surface area (Å²) in [6, 6.07) is 17.0. The Labute approximate surface area is 224 Å². The Bertz CT molecular complexity index is 1240. The summed E-state index contributed by atoms with van der Waals surface area (Å²) in [4.78, 5) is 28.1. The number of amides is 2. The van der Waals surface area contributed by atoms with Crippen molar-refractivity contribution in [3.05, 3.63) is 65.7 Å². The monoisotopic (exact) mass is 544 g/mol. The number of anilines is 1. The molecule has 1 saturated heterocycles. The summed E-state index contributed by atoms with van der Waals surface area (Å²) < 4.78 is 26.5. The molecule has 10 heteroatoms. The average Bonchev–Trinajstić information content (AvgIpc) is 3.18. The number of hydrogen-bond acceptors (Lipinski definition) is 6. The predicted molar refractivity (Wildman–Crippen MR) is 149 cm³/mol. The first-order valence-corrected chi connectivity index (χ1v) is 15.5. The van der Waals surface area contributed by atoms with Gasteiger partial charge >= 0.3 is 0 Å². The van der Waals surface area contributed by atoms with Crippen LogP contribution in [0.5, 0.6) is 0 Å². The number of sulfonamides is 1. The lowest BCUT2D eigenvalue weighted by Crippen LogP contribution is -2.58. The highest BCUT2D eigenvalue weighted by Crippen LogP contribution is 2.47. The van der Waals surface area contributed by atoms with E-state index >= 15 is 0 Å². The molecular formula is C27H36N4O4S2. The van der Waals surface area contributed by atoms with E-state index in [0.717, 1.165) is 22.6 Å². The fraction of sp³-hybridized carbons (Fsp3) is 0.481. The van der Waals surface area contributed by atoms with Gasteiger partial charge in [-0.1, -0.05) is 48.5 Å². The van der Waals surface area contributed by atoms with Gasteiger partial charge in [0.1, 0.15) is 6.04 Å². The summed E-state index contributed by atoms with van der Waals surface area (Å²) in [5, 5.41) is 2.88. The molecule has 4 rings (SSSR count). The molecule has 1 spiro atoms. The fourth-order valence-electron chi connectivity index (χ4n) is 5.07. The SMILES string of the molecule is CC(C)(N)C(=O)N[C@H](CSCc1ccccc1)C(=O)N1CCC2(CC1)CN(S(C)(=O)=O)c1ccccc12. The van der Waals surface area contributed by atoms with Crippen LogP contribution in [0.2, 0.25) is 0 Å². The largest absolute Gasteiger partial charge is 0.342 e. The second-order valence-corrected chi connectivity index (χ2v) is 13.6. The Kier molecular flexibility index (Phi) is 7.92. The standard InChI is InChI=1S/C27H36N4O4S2/c1-26(2,28)25(33)29-22(18-36-17-20-9-5-4-6-10-20)24(32)30-15-13-27(14-16-30)19-31(37(3,34)35)23-12-8-7-11-21(23)27/h4-12,22H,13-19,28H2,1-3H3,(H,29,33)/t22-/m1/s1. The lowest BCUT2D eigenvalue weighted by Gasteiger charge is -2.41. The van der Waals surface area contributed by atoms with Crippen molar-refractivity contribution >= 4 is 39.3 Å². The van der Waals surface area contributed by atoms with E-state index in [1.54, 1.807) is 30.5 Å². The summed E-state index contributed by atoms with van der Waals surface area (Å²) in [5.41, 5.74) is 7.49. The number of nitrogens with two attached hydrogens (primary N) is 1. The molecule has 2 amide bonds. The van der Waals surface area contributed by atoms with Crippen LogP contribution < -0.4 is 15.4 Å². The molecule has 1 fully saturated rings. The third-order valence-corrected chi connectivity index (χ3v) is 9.44. The van der Waals surface area contributed by atoms with Gasteiger partial charge in [-0.2, -0.15) is 11.8 Å². The Morgan fingerprint density at radius 2 is 1.70 bits per heavy atom. The molecule has 0 aromatic heterocycles. The van der Waals surface area contributed by atoms with Gasteiger partial charge in [-0.05, 0) is 43.9 Å². The van der Waals surface area contributed by atoms with Crippen LogP contribution in [0.1, 0.15) is 37.8 Å². The van der Waals surface area contributed by atoms with E-state index in [9.17, 15) is 18.0 Å². The van der Waals surface area contributed by atoms with Gasteiger partial charge in [0.15, 0.2) is 0 Å². The molecule has 2 aromatic rings. The van der Waals surface area contributed by atoms with Gasteiger partial charge in [0.25, 0.3) is 0 Å².